The van der Waals surface area contributed by atoms with E-state index in [0.717, 1.165) is 10.0 Å². The number of aromatic nitrogens is 2. The van der Waals surface area contributed by atoms with E-state index < -0.39 is 14.6 Å². The molecule has 0 radical (unpaired) electrons. The number of aromatic amines is 1. The number of nitrogens with one attached hydrogen (secondary N) is 1. The van der Waals surface area contributed by atoms with Crippen LogP contribution >= 0.6 is 15.9 Å². The number of benzene rings is 1. The van der Waals surface area contributed by atoms with Gasteiger partial charge >= 0.3 is 0 Å². The average molecular weight is 358 g/mol. The molecule has 3 N–H and O–H groups in total. The second kappa shape index (κ2) is 4.89. The van der Waals surface area contributed by atoms with Crippen LogP contribution in [0.1, 0.15) is 19.5 Å². The first-order valence-corrected chi connectivity index (χ1v) is 8.63. The number of hydrogen-bond acceptors (Lipinski definition) is 4. The second-order valence-corrected chi connectivity index (χ2v) is 8.63. The van der Waals surface area contributed by atoms with E-state index in [9.17, 15) is 8.42 Å². The predicted octanol–water partition coefficient (Wildman–Crippen LogP) is 2.70. The molecule has 0 spiro atoms. The van der Waals surface area contributed by atoms with Crippen LogP contribution in [0.5, 0.6) is 0 Å². The quantitative estimate of drug-likeness (QED) is 0.883. The van der Waals surface area contributed by atoms with Gasteiger partial charge in [-0.2, -0.15) is 5.10 Å². The number of H-pyrrole nitrogens is 1. The second-order valence-electron chi connectivity index (χ2n) is 5.15. The summed E-state index contributed by atoms with van der Waals surface area (Å²) in [4.78, 5) is 0. The molecule has 0 unspecified atom stereocenters. The summed E-state index contributed by atoms with van der Waals surface area (Å²) in [6, 6.07) is 7.48. The molecule has 5 nitrogen and oxygen atoms in total. The molecule has 0 atom stereocenters. The van der Waals surface area contributed by atoms with Gasteiger partial charge in [-0.25, -0.2) is 8.42 Å². The Kier molecular flexibility index (Phi) is 3.68. The summed E-state index contributed by atoms with van der Waals surface area (Å²) >= 11 is 3.37. The lowest BCUT2D eigenvalue weighted by atomic mass is 9.98. The van der Waals surface area contributed by atoms with Gasteiger partial charge in [0.15, 0.2) is 15.7 Å². The minimum absolute atomic E-state index is 0.291. The Morgan fingerprint density at radius 1 is 1.25 bits per heavy atom. The van der Waals surface area contributed by atoms with Crippen molar-refractivity contribution in [2.24, 2.45) is 0 Å². The number of rotatable bonds is 3. The fraction of sp³-hybridized carbons (Fsp3) is 0.308. The first-order chi connectivity index (χ1) is 9.14. The normalized spacial score (nSPS) is 12.6. The largest absolute Gasteiger partial charge is 0.382 e. The molecular weight excluding hydrogens is 342 g/mol. The smallest absolute Gasteiger partial charge is 0.158 e. The van der Waals surface area contributed by atoms with Crippen LogP contribution in [0.2, 0.25) is 0 Å². The van der Waals surface area contributed by atoms with Gasteiger partial charge < -0.3 is 5.73 Å². The fourth-order valence-electron chi connectivity index (χ4n) is 1.89. The molecule has 0 saturated carbocycles. The zero-order valence-corrected chi connectivity index (χ0v) is 13.8. The summed E-state index contributed by atoms with van der Waals surface area (Å²) < 4.78 is 23.8. The van der Waals surface area contributed by atoms with E-state index in [-0.39, 0.29) is 0 Å². The van der Waals surface area contributed by atoms with Crippen molar-refractivity contribution in [1.82, 2.24) is 10.2 Å². The molecule has 0 amide bonds. The van der Waals surface area contributed by atoms with Crippen LogP contribution in [-0.4, -0.2) is 24.9 Å². The standard InChI is InChI=1S/C13H16BrN3O2S/c1-13(2,20(3,18)19)11-10(12(15)17-16-11)8-4-6-9(14)7-5-8/h4-7H,1-3H3,(H3,15,16,17). The highest BCUT2D eigenvalue weighted by atomic mass is 79.9. The number of sulfone groups is 1. The van der Waals surface area contributed by atoms with Crippen LogP contribution in [0, 0.1) is 0 Å². The molecule has 1 heterocycles. The van der Waals surface area contributed by atoms with Gasteiger partial charge in [0, 0.05) is 16.3 Å². The van der Waals surface area contributed by atoms with E-state index in [0.29, 0.717) is 17.1 Å². The lowest BCUT2D eigenvalue weighted by Gasteiger charge is -2.22. The molecule has 1 aromatic carbocycles. The van der Waals surface area contributed by atoms with Crippen molar-refractivity contribution in [3.05, 3.63) is 34.4 Å². The topological polar surface area (TPSA) is 88.8 Å². The van der Waals surface area contributed by atoms with Crippen LogP contribution in [-0.2, 0) is 14.6 Å². The number of nitrogens with zero attached hydrogens (tertiary/aromatic N) is 1. The van der Waals surface area contributed by atoms with E-state index in [4.69, 9.17) is 5.73 Å². The molecule has 0 fully saturated rings. The summed E-state index contributed by atoms with van der Waals surface area (Å²) in [7, 11) is -3.32. The number of nitrogen functional groups attached to an aromatic ring is 1. The lowest BCUT2D eigenvalue weighted by Crippen LogP contribution is -2.29. The van der Waals surface area contributed by atoms with Gasteiger partial charge in [-0.1, -0.05) is 28.1 Å². The van der Waals surface area contributed by atoms with Crippen LogP contribution < -0.4 is 5.73 Å². The predicted molar refractivity (Wildman–Crippen MR) is 84.0 cm³/mol. The number of hydrogen-bond donors (Lipinski definition) is 2. The van der Waals surface area contributed by atoms with Crippen molar-refractivity contribution in [2.45, 2.75) is 18.6 Å². The molecular formula is C13H16BrN3O2S. The van der Waals surface area contributed by atoms with Crippen LogP contribution in [0.15, 0.2) is 28.7 Å². The number of anilines is 1. The van der Waals surface area contributed by atoms with Gasteiger partial charge in [0.1, 0.15) is 4.75 Å². The Labute approximate surface area is 126 Å². The van der Waals surface area contributed by atoms with E-state index in [1.807, 2.05) is 24.3 Å². The van der Waals surface area contributed by atoms with Crippen molar-refractivity contribution in [3.63, 3.8) is 0 Å². The summed E-state index contributed by atoms with van der Waals surface area (Å²) in [5.41, 5.74) is 7.86. The SMILES string of the molecule is CC(C)(c1[nH]nc(N)c1-c1ccc(Br)cc1)S(C)(=O)=O. The minimum Gasteiger partial charge on any atom is -0.382 e. The van der Waals surface area contributed by atoms with Crippen molar-refractivity contribution in [2.75, 3.05) is 12.0 Å². The van der Waals surface area contributed by atoms with E-state index in [2.05, 4.69) is 26.1 Å². The molecule has 0 aliphatic heterocycles. The van der Waals surface area contributed by atoms with Crippen molar-refractivity contribution in [1.29, 1.82) is 0 Å². The zero-order chi connectivity index (χ0) is 15.1. The third-order valence-corrected chi connectivity index (χ3v) is 6.04. The first kappa shape index (κ1) is 15.1. The van der Waals surface area contributed by atoms with Gasteiger partial charge in [-0.15, -0.1) is 0 Å². The summed E-state index contributed by atoms with van der Waals surface area (Å²) in [6.07, 6.45) is 1.20. The molecule has 108 valence electrons. The number of nitrogens with two attached hydrogens (primary N) is 1. The molecule has 1 aromatic heterocycles. The van der Waals surface area contributed by atoms with Gasteiger partial charge in [0.05, 0.1) is 5.69 Å². The maximum Gasteiger partial charge on any atom is 0.158 e. The maximum absolute atomic E-state index is 12.0. The fourth-order valence-corrected chi connectivity index (χ4v) is 2.67. The molecule has 2 rings (SSSR count). The van der Waals surface area contributed by atoms with Gasteiger partial charge in [-0.05, 0) is 31.5 Å². The van der Waals surface area contributed by atoms with E-state index >= 15 is 0 Å². The molecule has 0 bridgehead atoms. The summed E-state index contributed by atoms with van der Waals surface area (Å²) in [5.74, 6) is 0.291. The first-order valence-electron chi connectivity index (χ1n) is 5.94. The van der Waals surface area contributed by atoms with Crippen molar-refractivity contribution in [3.8, 4) is 11.1 Å². The maximum atomic E-state index is 12.0. The molecule has 0 saturated heterocycles. The van der Waals surface area contributed by atoms with Crippen LogP contribution in [0.25, 0.3) is 11.1 Å². The van der Waals surface area contributed by atoms with E-state index in [1.165, 1.54) is 6.26 Å². The minimum atomic E-state index is -3.32. The molecule has 20 heavy (non-hydrogen) atoms. The van der Waals surface area contributed by atoms with Gasteiger partial charge in [-0.3, -0.25) is 5.10 Å². The third-order valence-electron chi connectivity index (χ3n) is 3.46. The molecule has 2 aromatic rings. The Bertz CT molecular complexity index is 733. The summed E-state index contributed by atoms with van der Waals surface area (Å²) in [6.45, 7) is 3.27. The third kappa shape index (κ3) is 2.47. The van der Waals surface area contributed by atoms with E-state index in [1.54, 1.807) is 13.8 Å². The highest BCUT2D eigenvalue weighted by molar-refractivity contribution is 9.10. The van der Waals surface area contributed by atoms with Crippen molar-refractivity contribution >= 4 is 31.6 Å². The molecule has 7 heteroatoms. The monoisotopic (exact) mass is 357 g/mol. The Balaban J connectivity index is 2.68. The Morgan fingerprint density at radius 2 is 1.80 bits per heavy atom. The zero-order valence-electron chi connectivity index (χ0n) is 11.4. The van der Waals surface area contributed by atoms with Crippen LogP contribution in [0.4, 0.5) is 5.82 Å². The lowest BCUT2D eigenvalue weighted by molar-refractivity contribution is 0.556. The average Bonchev–Trinajstić information content (AvgIpc) is 2.71. The van der Waals surface area contributed by atoms with Gasteiger partial charge in [0.25, 0.3) is 0 Å². The van der Waals surface area contributed by atoms with Crippen LogP contribution in [0.3, 0.4) is 0 Å². The van der Waals surface area contributed by atoms with Gasteiger partial charge in [0.2, 0.25) is 0 Å². The molecule has 0 aliphatic carbocycles. The highest BCUT2D eigenvalue weighted by Gasteiger charge is 2.37. The van der Waals surface area contributed by atoms with Crippen molar-refractivity contribution < 1.29 is 8.42 Å². The highest BCUT2D eigenvalue weighted by Crippen LogP contribution is 2.38. The Hall–Kier alpha value is -1.34. The molecule has 0 aliphatic rings. The summed E-state index contributed by atoms with van der Waals surface area (Å²) in [5, 5.41) is 6.74. The number of halogens is 1. The Morgan fingerprint density at radius 3 is 2.30 bits per heavy atom.